The summed E-state index contributed by atoms with van der Waals surface area (Å²) in [6.07, 6.45) is -4.35. The molecule has 0 aromatic heterocycles. The average Bonchev–Trinajstić information content (AvgIpc) is 2.34. The third-order valence-corrected chi connectivity index (χ3v) is 3.22. The first-order valence-electron chi connectivity index (χ1n) is 6.68. The van der Waals surface area contributed by atoms with Gasteiger partial charge < -0.3 is 15.3 Å². The molecule has 0 saturated carbocycles. The Morgan fingerprint density at radius 3 is 2.52 bits per heavy atom. The van der Waals surface area contributed by atoms with Crippen molar-refractivity contribution in [1.82, 2.24) is 5.32 Å². The van der Waals surface area contributed by atoms with E-state index in [0.717, 1.165) is 4.90 Å². The Hall–Kier alpha value is -0.980. The lowest BCUT2D eigenvalue weighted by Crippen LogP contribution is -2.37. The number of anilines is 1. The molecular formula is C14H20ClF3N2O. The zero-order valence-corrected chi connectivity index (χ0v) is 12.8. The van der Waals surface area contributed by atoms with E-state index < -0.39 is 12.7 Å². The first-order chi connectivity index (χ1) is 9.74. The molecule has 1 rings (SSSR count). The van der Waals surface area contributed by atoms with Gasteiger partial charge in [0.2, 0.25) is 0 Å². The maximum absolute atomic E-state index is 12.7. The Labute approximate surface area is 127 Å². The van der Waals surface area contributed by atoms with Crippen LogP contribution < -0.4 is 10.2 Å². The molecule has 0 aliphatic carbocycles. The standard InChI is InChI=1S/C14H20ClF3N2O/c1-10(2)19-8-11-12(15)4-3-5-13(11)20(6-7-21)9-14(16,17)18/h3-5,10,19,21H,6-9H2,1-2H3. The maximum Gasteiger partial charge on any atom is 0.405 e. The lowest BCUT2D eigenvalue weighted by molar-refractivity contribution is -0.119. The van der Waals surface area contributed by atoms with E-state index in [1.165, 1.54) is 0 Å². The highest BCUT2D eigenvalue weighted by Gasteiger charge is 2.31. The molecule has 0 spiro atoms. The number of nitrogens with one attached hydrogen (secondary N) is 1. The SMILES string of the molecule is CC(C)NCc1c(Cl)cccc1N(CCO)CC(F)(F)F. The first kappa shape index (κ1) is 18.1. The summed E-state index contributed by atoms with van der Waals surface area (Å²) in [5, 5.41) is 12.6. The Bertz CT molecular complexity index is 452. The van der Waals surface area contributed by atoms with Crippen molar-refractivity contribution in [3.05, 3.63) is 28.8 Å². The van der Waals surface area contributed by atoms with Gasteiger partial charge in [0, 0.05) is 35.4 Å². The summed E-state index contributed by atoms with van der Waals surface area (Å²) in [5.74, 6) is 0. The molecule has 1 aromatic rings. The van der Waals surface area contributed by atoms with Crippen LogP contribution in [0.1, 0.15) is 19.4 Å². The maximum atomic E-state index is 12.7. The summed E-state index contributed by atoms with van der Waals surface area (Å²) < 4.78 is 38.1. The predicted molar refractivity (Wildman–Crippen MR) is 78.8 cm³/mol. The van der Waals surface area contributed by atoms with E-state index in [4.69, 9.17) is 16.7 Å². The second-order valence-corrected chi connectivity index (χ2v) is 5.44. The van der Waals surface area contributed by atoms with Gasteiger partial charge in [-0.05, 0) is 12.1 Å². The van der Waals surface area contributed by atoms with E-state index in [-0.39, 0.29) is 19.2 Å². The molecule has 0 amide bonds. The van der Waals surface area contributed by atoms with Gasteiger partial charge in [-0.3, -0.25) is 0 Å². The van der Waals surface area contributed by atoms with Crippen molar-refractivity contribution >= 4 is 17.3 Å². The summed E-state index contributed by atoms with van der Waals surface area (Å²) in [4.78, 5) is 1.10. The number of alkyl halides is 3. The van der Waals surface area contributed by atoms with Crippen molar-refractivity contribution in [1.29, 1.82) is 0 Å². The Morgan fingerprint density at radius 1 is 1.33 bits per heavy atom. The molecule has 2 N–H and O–H groups in total. The van der Waals surface area contributed by atoms with E-state index in [9.17, 15) is 13.2 Å². The van der Waals surface area contributed by atoms with Crippen LogP contribution >= 0.6 is 11.6 Å². The quantitative estimate of drug-likeness (QED) is 0.808. The molecule has 3 nitrogen and oxygen atoms in total. The lowest BCUT2D eigenvalue weighted by Gasteiger charge is -2.28. The largest absolute Gasteiger partial charge is 0.405 e. The number of aliphatic hydroxyl groups excluding tert-OH is 1. The fraction of sp³-hybridized carbons (Fsp3) is 0.571. The van der Waals surface area contributed by atoms with Gasteiger partial charge in [-0.1, -0.05) is 31.5 Å². The molecule has 21 heavy (non-hydrogen) atoms. The van der Waals surface area contributed by atoms with Crippen LogP contribution in [0.15, 0.2) is 18.2 Å². The van der Waals surface area contributed by atoms with Gasteiger partial charge in [-0.15, -0.1) is 0 Å². The summed E-state index contributed by atoms with van der Waals surface area (Å²) in [5.41, 5.74) is 0.993. The van der Waals surface area contributed by atoms with Crippen LogP contribution in [0.4, 0.5) is 18.9 Å². The van der Waals surface area contributed by atoms with Crippen molar-refractivity contribution in [2.24, 2.45) is 0 Å². The smallest absolute Gasteiger partial charge is 0.395 e. The second-order valence-electron chi connectivity index (χ2n) is 5.03. The molecule has 0 aliphatic rings. The van der Waals surface area contributed by atoms with Crippen LogP contribution in [-0.2, 0) is 6.54 Å². The zero-order chi connectivity index (χ0) is 16.0. The fourth-order valence-corrected chi connectivity index (χ4v) is 2.18. The van der Waals surface area contributed by atoms with Gasteiger partial charge >= 0.3 is 6.18 Å². The molecule has 7 heteroatoms. The minimum atomic E-state index is -4.35. The van der Waals surface area contributed by atoms with Gasteiger partial charge in [-0.2, -0.15) is 13.2 Å². The monoisotopic (exact) mass is 324 g/mol. The minimum absolute atomic E-state index is 0.103. The van der Waals surface area contributed by atoms with Crippen molar-refractivity contribution in [2.45, 2.75) is 32.6 Å². The van der Waals surface area contributed by atoms with Crippen molar-refractivity contribution in [3.8, 4) is 0 Å². The molecule has 1 aromatic carbocycles. The topological polar surface area (TPSA) is 35.5 Å². The highest BCUT2D eigenvalue weighted by molar-refractivity contribution is 6.31. The minimum Gasteiger partial charge on any atom is -0.395 e. The van der Waals surface area contributed by atoms with Gasteiger partial charge in [0.25, 0.3) is 0 Å². The lowest BCUT2D eigenvalue weighted by atomic mass is 10.1. The van der Waals surface area contributed by atoms with Crippen LogP contribution in [0.5, 0.6) is 0 Å². The van der Waals surface area contributed by atoms with Gasteiger partial charge in [-0.25, -0.2) is 0 Å². The average molecular weight is 325 g/mol. The molecule has 0 fully saturated rings. The summed E-state index contributed by atoms with van der Waals surface area (Å²) in [7, 11) is 0. The summed E-state index contributed by atoms with van der Waals surface area (Å²) in [6, 6.07) is 5.03. The van der Waals surface area contributed by atoms with Crippen LogP contribution in [-0.4, -0.2) is 37.0 Å². The highest BCUT2D eigenvalue weighted by Crippen LogP contribution is 2.30. The number of hydrogen-bond acceptors (Lipinski definition) is 3. The molecule has 0 bridgehead atoms. The third kappa shape index (κ3) is 6.11. The van der Waals surface area contributed by atoms with Crippen molar-refractivity contribution in [2.75, 3.05) is 24.6 Å². The van der Waals surface area contributed by atoms with Gasteiger partial charge in [0.1, 0.15) is 6.54 Å². The van der Waals surface area contributed by atoms with Crippen LogP contribution in [0.25, 0.3) is 0 Å². The second kappa shape index (κ2) is 7.87. The van der Waals surface area contributed by atoms with Crippen molar-refractivity contribution in [3.63, 3.8) is 0 Å². The number of rotatable bonds is 7. The molecule has 0 saturated heterocycles. The molecular weight excluding hydrogens is 305 g/mol. The highest BCUT2D eigenvalue weighted by atomic mass is 35.5. The molecule has 0 heterocycles. The summed E-state index contributed by atoms with van der Waals surface area (Å²) in [6.45, 7) is 2.67. The Balaban J connectivity index is 3.08. The first-order valence-corrected chi connectivity index (χ1v) is 7.05. The van der Waals surface area contributed by atoms with Crippen LogP contribution in [0.3, 0.4) is 0 Å². The van der Waals surface area contributed by atoms with E-state index in [0.29, 0.717) is 22.8 Å². The number of nitrogens with zero attached hydrogens (tertiary/aromatic N) is 1. The molecule has 0 unspecified atom stereocenters. The van der Waals surface area contributed by atoms with E-state index >= 15 is 0 Å². The zero-order valence-electron chi connectivity index (χ0n) is 12.0. The Kier molecular flexibility index (Phi) is 6.77. The van der Waals surface area contributed by atoms with Crippen LogP contribution in [0.2, 0.25) is 5.02 Å². The summed E-state index contributed by atoms with van der Waals surface area (Å²) >= 11 is 6.12. The number of benzene rings is 1. The van der Waals surface area contributed by atoms with Crippen molar-refractivity contribution < 1.29 is 18.3 Å². The van der Waals surface area contributed by atoms with E-state index in [2.05, 4.69) is 5.32 Å². The number of hydrogen-bond donors (Lipinski definition) is 2. The number of aliphatic hydroxyl groups is 1. The molecule has 0 aliphatic heterocycles. The van der Waals surface area contributed by atoms with Gasteiger partial charge in [0.15, 0.2) is 0 Å². The molecule has 0 atom stereocenters. The normalized spacial score (nSPS) is 12.0. The number of halogens is 4. The molecule has 0 radical (unpaired) electrons. The molecule has 120 valence electrons. The van der Waals surface area contributed by atoms with E-state index in [1.807, 2.05) is 13.8 Å². The van der Waals surface area contributed by atoms with Gasteiger partial charge in [0.05, 0.1) is 6.61 Å². The fourth-order valence-electron chi connectivity index (χ4n) is 1.95. The third-order valence-electron chi connectivity index (χ3n) is 2.86. The van der Waals surface area contributed by atoms with Crippen LogP contribution in [0, 0.1) is 0 Å². The predicted octanol–water partition coefficient (Wildman–Crippen LogP) is 3.20. The Morgan fingerprint density at radius 2 is 2.00 bits per heavy atom. The van der Waals surface area contributed by atoms with E-state index in [1.54, 1.807) is 18.2 Å².